The lowest BCUT2D eigenvalue weighted by molar-refractivity contribution is -0.121. The van der Waals surface area contributed by atoms with E-state index in [0.717, 1.165) is 12.8 Å². The quantitative estimate of drug-likeness (QED) is 0.456. The van der Waals surface area contributed by atoms with E-state index in [2.05, 4.69) is 36.3 Å². The fourth-order valence-electron chi connectivity index (χ4n) is 3.01. The van der Waals surface area contributed by atoms with Crippen LogP contribution in [0, 0.1) is 0 Å². The number of nitrogens with one attached hydrogen (secondary N) is 2. The van der Waals surface area contributed by atoms with E-state index >= 15 is 0 Å². The maximum absolute atomic E-state index is 12.7. The minimum atomic E-state index is -3.81. The molecule has 11 heteroatoms. The molecule has 2 aromatic carbocycles. The second kappa shape index (κ2) is 8.43. The second-order valence-corrected chi connectivity index (χ2v) is 8.36. The van der Waals surface area contributed by atoms with Crippen molar-refractivity contribution in [1.29, 1.82) is 0 Å². The first-order valence-corrected chi connectivity index (χ1v) is 10.5. The summed E-state index contributed by atoms with van der Waals surface area (Å²) in [5, 5.41) is 5.60. The Hall–Kier alpha value is -2.72. The van der Waals surface area contributed by atoms with Crippen molar-refractivity contribution < 1.29 is 23.1 Å². The summed E-state index contributed by atoms with van der Waals surface area (Å²) >= 11 is 8.18. The summed E-state index contributed by atoms with van der Waals surface area (Å²) in [6.45, 7) is 0.132. The number of imidazole rings is 1. The van der Waals surface area contributed by atoms with E-state index in [-0.39, 0.29) is 24.2 Å². The largest absolute Gasteiger partial charge is 0.487 e. The molecular formula is C20H16BrClF2N4O3. The minimum Gasteiger partial charge on any atom is -0.420 e. The summed E-state index contributed by atoms with van der Waals surface area (Å²) in [6.07, 6.45) is 3.57. The SMILES string of the molecule is O=C(Cn1cnc2cc(C(=O)Nc3ccc(OC(F)(F)Cl)cc3)cc(Br)c21)NC1CC1. The summed E-state index contributed by atoms with van der Waals surface area (Å²) in [6, 6.07) is 8.86. The Morgan fingerprint density at radius 3 is 2.61 bits per heavy atom. The topological polar surface area (TPSA) is 85.2 Å². The third kappa shape index (κ3) is 5.50. The van der Waals surface area contributed by atoms with Gasteiger partial charge in [0.05, 0.1) is 17.4 Å². The zero-order chi connectivity index (χ0) is 22.2. The van der Waals surface area contributed by atoms with Gasteiger partial charge in [0.25, 0.3) is 5.91 Å². The molecule has 162 valence electrons. The van der Waals surface area contributed by atoms with Gasteiger partial charge in [-0.3, -0.25) is 9.59 Å². The van der Waals surface area contributed by atoms with Crippen molar-refractivity contribution in [2.75, 3.05) is 5.32 Å². The van der Waals surface area contributed by atoms with E-state index in [1.54, 1.807) is 23.0 Å². The van der Waals surface area contributed by atoms with Gasteiger partial charge in [0, 0.05) is 33.4 Å². The van der Waals surface area contributed by atoms with Crippen molar-refractivity contribution in [3.63, 3.8) is 0 Å². The molecule has 2 amide bonds. The normalized spacial score (nSPS) is 13.8. The van der Waals surface area contributed by atoms with E-state index in [4.69, 9.17) is 11.6 Å². The van der Waals surface area contributed by atoms with Gasteiger partial charge in [-0.1, -0.05) is 0 Å². The number of fused-ring (bicyclic) bond motifs is 1. The van der Waals surface area contributed by atoms with Crippen LogP contribution in [0.3, 0.4) is 0 Å². The molecule has 2 N–H and O–H groups in total. The molecule has 4 rings (SSSR count). The molecule has 0 aliphatic heterocycles. The molecule has 0 unspecified atom stereocenters. The van der Waals surface area contributed by atoms with Crippen LogP contribution in [0.1, 0.15) is 23.2 Å². The number of aromatic nitrogens is 2. The standard InChI is InChI=1S/C20H16BrClF2N4O3/c21-15-7-11(19(30)27-13-3-5-14(6-4-13)31-20(22,23)24)8-16-18(15)28(10-25-16)9-17(29)26-12-1-2-12/h3-8,10,12H,1-2,9H2,(H,26,29)(H,27,30). The molecule has 31 heavy (non-hydrogen) atoms. The number of nitrogens with zero attached hydrogens (tertiary/aromatic N) is 2. The predicted octanol–water partition coefficient (Wildman–Crippen LogP) is 4.50. The van der Waals surface area contributed by atoms with E-state index in [1.807, 2.05) is 0 Å². The van der Waals surface area contributed by atoms with Gasteiger partial charge in [0.1, 0.15) is 12.3 Å². The first kappa shape index (κ1) is 21.5. The molecule has 0 atom stereocenters. The number of anilines is 1. The minimum absolute atomic E-state index is 0.0881. The summed E-state index contributed by atoms with van der Waals surface area (Å²) < 4.78 is 31.9. The fraction of sp³-hybridized carbons (Fsp3) is 0.250. The molecule has 1 aliphatic rings. The Bertz CT molecular complexity index is 1140. The Morgan fingerprint density at radius 2 is 1.97 bits per heavy atom. The Labute approximate surface area is 188 Å². The van der Waals surface area contributed by atoms with Gasteiger partial charge in [-0.2, -0.15) is 0 Å². The lowest BCUT2D eigenvalue weighted by Gasteiger charge is -2.11. The molecule has 3 aromatic rings. The third-order valence-corrected chi connectivity index (χ3v) is 5.21. The van der Waals surface area contributed by atoms with Gasteiger partial charge in [0.15, 0.2) is 0 Å². The number of benzene rings is 2. The molecule has 0 bridgehead atoms. The van der Waals surface area contributed by atoms with Crippen LogP contribution in [-0.4, -0.2) is 33.0 Å². The first-order chi connectivity index (χ1) is 14.7. The van der Waals surface area contributed by atoms with Crippen molar-refractivity contribution in [3.8, 4) is 5.75 Å². The van der Waals surface area contributed by atoms with Crippen molar-refractivity contribution in [2.45, 2.75) is 31.0 Å². The van der Waals surface area contributed by atoms with Gasteiger partial charge in [-0.25, -0.2) is 4.98 Å². The summed E-state index contributed by atoms with van der Waals surface area (Å²) in [5.41, 5.74) is -1.85. The van der Waals surface area contributed by atoms with Crippen LogP contribution in [0.2, 0.25) is 0 Å². The van der Waals surface area contributed by atoms with Crippen molar-refractivity contribution in [2.24, 2.45) is 0 Å². The third-order valence-electron chi connectivity index (χ3n) is 4.53. The maximum Gasteiger partial charge on any atom is 0.487 e. The lowest BCUT2D eigenvalue weighted by atomic mass is 10.1. The van der Waals surface area contributed by atoms with Crippen molar-refractivity contribution in [1.82, 2.24) is 14.9 Å². The number of rotatable bonds is 7. The van der Waals surface area contributed by atoms with Gasteiger partial charge >= 0.3 is 5.57 Å². The van der Waals surface area contributed by atoms with Gasteiger partial charge < -0.3 is 19.9 Å². The number of halogens is 4. The summed E-state index contributed by atoms with van der Waals surface area (Å²) in [4.78, 5) is 29.0. The van der Waals surface area contributed by atoms with Crippen LogP contribution < -0.4 is 15.4 Å². The fourth-order valence-corrected chi connectivity index (χ4v) is 3.77. The average Bonchev–Trinajstić information content (AvgIpc) is 3.40. The van der Waals surface area contributed by atoms with Crippen LogP contribution >= 0.6 is 27.5 Å². The highest BCUT2D eigenvalue weighted by atomic mass is 79.9. The molecule has 0 spiro atoms. The molecule has 7 nitrogen and oxygen atoms in total. The summed E-state index contributed by atoms with van der Waals surface area (Å²) in [5.74, 6) is -0.645. The van der Waals surface area contributed by atoms with Crippen molar-refractivity contribution >= 4 is 56.1 Å². The van der Waals surface area contributed by atoms with Crippen LogP contribution in [0.5, 0.6) is 5.75 Å². The zero-order valence-electron chi connectivity index (χ0n) is 15.9. The highest BCUT2D eigenvalue weighted by Crippen LogP contribution is 2.28. The monoisotopic (exact) mass is 512 g/mol. The number of carbonyl (C=O) groups is 2. The molecule has 1 saturated carbocycles. The number of carbonyl (C=O) groups excluding carboxylic acids is 2. The number of ether oxygens (including phenoxy) is 1. The number of hydrogen-bond donors (Lipinski definition) is 2. The molecule has 0 radical (unpaired) electrons. The van der Waals surface area contributed by atoms with E-state index in [0.29, 0.717) is 26.8 Å². The Morgan fingerprint density at radius 1 is 1.26 bits per heavy atom. The second-order valence-electron chi connectivity index (χ2n) is 7.07. The van der Waals surface area contributed by atoms with Gasteiger partial charge in [-0.05, 0) is 65.2 Å². The van der Waals surface area contributed by atoms with Gasteiger partial charge in [-0.15, -0.1) is 8.78 Å². The number of hydrogen-bond acceptors (Lipinski definition) is 4. The predicted molar refractivity (Wildman–Crippen MR) is 114 cm³/mol. The van der Waals surface area contributed by atoms with Gasteiger partial charge in [0.2, 0.25) is 5.91 Å². The molecule has 0 saturated heterocycles. The molecule has 1 heterocycles. The average molecular weight is 514 g/mol. The van der Waals surface area contributed by atoms with Crippen LogP contribution in [-0.2, 0) is 11.3 Å². The zero-order valence-corrected chi connectivity index (χ0v) is 18.2. The summed E-state index contributed by atoms with van der Waals surface area (Å²) in [7, 11) is 0. The van der Waals surface area contributed by atoms with Crippen LogP contribution in [0.15, 0.2) is 47.2 Å². The Balaban J connectivity index is 1.47. The Kier molecular flexibility index (Phi) is 5.85. The number of amides is 2. The smallest absolute Gasteiger partial charge is 0.420 e. The van der Waals surface area contributed by atoms with E-state index in [1.165, 1.54) is 24.3 Å². The molecule has 1 aliphatic carbocycles. The highest BCUT2D eigenvalue weighted by Gasteiger charge is 2.27. The van der Waals surface area contributed by atoms with E-state index in [9.17, 15) is 18.4 Å². The van der Waals surface area contributed by atoms with Crippen LogP contribution in [0.25, 0.3) is 11.0 Å². The molecule has 1 fully saturated rings. The van der Waals surface area contributed by atoms with Crippen LogP contribution in [0.4, 0.5) is 14.5 Å². The maximum atomic E-state index is 12.7. The first-order valence-electron chi connectivity index (χ1n) is 9.29. The lowest BCUT2D eigenvalue weighted by Crippen LogP contribution is -2.29. The highest BCUT2D eigenvalue weighted by molar-refractivity contribution is 9.10. The number of alkyl halides is 3. The van der Waals surface area contributed by atoms with Crippen molar-refractivity contribution in [3.05, 3.63) is 52.8 Å². The molecule has 1 aromatic heterocycles. The van der Waals surface area contributed by atoms with E-state index < -0.39 is 11.5 Å². The molecular weight excluding hydrogens is 498 g/mol.